The zero-order chi connectivity index (χ0) is 13.9. The zero-order valence-corrected chi connectivity index (χ0v) is 13.7. The summed E-state index contributed by atoms with van der Waals surface area (Å²) in [5.74, 6) is 1.04. The van der Waals surface area contributed by atoms with Gasteiger partial charge in [0.25, 0.3) is 0 Å². The second-order valence-electron chi connectivity index (χ2n) is 7.65. The van der Waals surface area contributed by atoms with E-state index in [2.05, 4.69) is 23.6 Å². The van der Waals surface area contributed by atoms with E-state index >= 15 is 0 Å². The van der Waals surface area contributed by atoms with E-state index in [1.54, 1.807) is 0 Å². The molecule has 2 saturated heterocycles. The van der Waals surface area contributed by atoms with E-state index in [9.17, 15) is 0 Å². The van der Waals surface area contributed by atoms with Gasteiger partial charge in [0.15, 0.2) is 0 Å². The van der Waals surface area contributed by atoms with Gasteiger partial charge in [0.2, 0.25) is 0 Å². The second-order valence-corrected chi connectivity index (χ2v) is 7.65. The van der Waals surface area contributed by atoms with Crippen LogP contribution in [0.4, 0.5) is 0 Å². The number of piperidine rings is 1. The molecule has 2 unspecified atom stereocenters. The topological polar surface area (TPSA) is 6.48 Å². The van der Waals surface area contributed by atoms with Crippen LogP contribution >= 0.6 is 0 Å². The lowest BCUT2D eigenvalue weighted by Crippen LogP contribution is -2.61. The summed E-state index contributed by atoms with van der Waals surface area (Å²) in [6.45, 7) is 8.88. The molecule has 0 aromatic rings. The van der Waals surface area contributed by atoms with Gasteiger partial charge in [0, 0.05) is 31.2 Å². The maximum absolute atomic E-state index is 2.90. The molecule has 3 rings (SSSR count). The van der Waals surface area contributed by atoms with E-state index < -0.39 is 0 Å². The Bertz CT molecular complexity index is 296. The van der Waals surface area contributed by atoms with E-state index in [0.29, 0.717) is 0 Å². The Morgan fingerprint density at radius 2 is 1.70 bits per heavy atom. The molecule has 0 bridgehead atoms. The SMILES string of the molecule is CCCC1CCC(N2CC3CCCCN3CC2C)CC1. The van der Waals surface area contributed by atoms with Gasteiger partial charge in [-0.05, 0) is 57.9 Å². The third-order valence-electron chi connectivity index (χ3n) is 6.22. The van der Waals surface area contributed by atoms with E-state index in [-0.39, 0.29) is 0 Å². The molecule has 2 aliphatic heterocycles. The Balaban J connectivity index is 1.54. The molecular formula is C18H34N2. The largest absolute Gasteiger partial charge is 0.298 e. The molecule has 0 amide bonds. The van der Waals surface area contributed by atoms with Crippen LogP contribution in [-0.2, 0) is 0 Å². The predicted octanol–water partition coefficient (Wildman–Crippen LogP) is 3.90. The van der Waals surface area contributed by atoms with E-state index in [0.717, 1.165) is 24.0 Å². The van der Waals surface area contributed by atoms with Gasteiger partial charge in [-0.2, -0.15) is 0 Å². The van der Waals surface area contributed by atoms with Crippen LogP contribution < -0.4 is 0 Å². The first kappa shape index (κ1) is 14.8. The summed E-state index contributed by atoms with van der Waals surface area (Å²) in [7, 11) is 0. The lowest BCUT2D eigenvalue weighted by atomic mass is 9.82. The van der Waals surface area contributed by atoms with Gasteiger partial charge in [0.05, 0.1) is 0 Å². The molecule has 0 N–H and O–H groups in total. The van der Waals surface area contributed by atoms with Crippen molar-refractivity contribution in [2.75, 3.05) is 19.6 Å². The highest BCUT2D eigenvalue weighted by Crippen LogP contribution is 2.34. The summed E-state index contributed by atoms with van der Waals surface area (Å²) in [6.07, 6.45) is 13.1. The molecule has 0 aromatic carbocycles. The van der Waals surface area contributed by atoms with Crippen molar-refractivity contribution < 1.29 is 0 Å². The minimum absolute atomic E-state index is 0.789. The van der Waals surface area contributed by atoms with Crippen molar-refractivity contribution in [3.05, 3.63) is 0 Å². The van der Waals surface area contributed by atoms with Gasteiger partial charge >= 0.3 is 0 Å². The molecule has 2 heterocycles. The molecule has 0 aromatic heterocycles. The fraction of sp³-hybridized carbons (Fsp3) is 1.00. The summed E-state index contributed by atoms with van der Waals surface area (Å²) >= 11 is 0. The summed E-state index contributed by atoms with van der Waals surface area (Å²) < 4.78 is 0. The molecule has 2 atom stereocenters. The number of piperazine rings is 1. The Kier molecular flexibility index (Phi) is 5.04. The van der Waals surface area contributed by atoms with Crippen LogP contribution in [-0.4, -0.2) is 47.6 Å². The van der Waals surface area contributed by atoms with Gasteiger partial charge in [-0.15, -0.1) is 0 Å². The van der Waals surface area contributed by atoms with Crippen LogP contribution in [0.2, 0.25) is 0 Å². The molecule has 3 aliphatic rings. The van der Waals surface area contributed by atoms with Crippen LogP contribution in [0.15, 0.2) is 0 Å². The van der Waals surface area contributed by atoms with Crippen molar-refractivity contribution >= 4 is 0 Å². The molecule has 1 saturated carbocycles. The van der Waals surface area contributed by atoms with Crippen molar-refractivity contribution in [1.29, 1.82) is 0 Å². The molecule has 2 nitrogen and oxygen atoms in total. The first-order chi connectivity index (χ1) is 9.78. The second kappa shape index (κ2) is 6.79. The van der Waals surface area contributed by atoms with Gasteiger partial charge < -0.3 is 0 Å². The molecule has 2 heteroatoms. The van der Waals surface area contributed by atoms with Crippen molar-refractivity contribution in [3.63, 3.8) is 0 Å². The average Bonchev–Trinajstić information content (AvgIpc) is 2.48. The highest BCUT2D eigenvalue weighted by molar-refractivity contribution is 4.93. The third-order valence-corrected chi connectivity index (χ3v) is 6.22. The van der Waals surface area contributed by atoms with Crippen molar-refractivity contribution in [1.82, 2.24) is 9.80 Å². The van der Waals surface area contributed by atoms with E-state index in [4.69, 9.17) is 0 Å². The van der Waals surface area contributed by atoms with Crippen molar-refractivity contribution in [2.24, 2.45) is 5.92 Å². The average molecular weight is 278 g/mol. The number of nitrogens with zero attached hydrogens (tertiary/aromatic N) is 2. The summed E-state index contributed by atoms with van der Waals surface area (Å²) in [4.78, 5) is 5.68. The lowest BCUT2D eigenvalue weighted by Gasteiger charge is -2.51. The van der Waals surface area contributed by atoms with Gasteiger partial charge in [-0.1, -0.05) is 26.2 Å². The Labute approximate surface area is 125 Å². The number of hydrogen-bond acceptors (Lipinski definition) is 2. The van der Waals surface area contributed by atoms with Crippen LogP contribution in [0.3, 0.4) is 0 Å². The van der Waals surface area contributed by atoms with Gasteiger partial charge in [-0.3, -0.25) is 9.80 Å². The van der Waals surface area contributed by atoms with Crippen LogP contribution in [0.1, 0.15) is 71.6 Å². The fourth-order valence-corrected chi connectivity index (χ4v) is 5.06. The standard InChI is InChI=1S/C18H34N2/c1-3-6-16-8-10-17(11-9-16)20-14-18-7-4-5-12-19(18)13-15(20)2/h15-18H,3-14H2,1-2H3. The minimum Gasteiger partial charge on any atom is -0.298 e. The highest BCUT2D eigenvalue weighted by atomic mass is 15.3. The zero-order valence-electron chi connectivity index (χ0n) is 13.7. The molecular weight excluding hydrogens is 244 g/mol. The number of hydrogen-bond donors (Lipinski definition) is 0. The molecule has 20 heavy (non-hydrogen) atoms. The van der Waals surface area contributed by atoms with Crippen LogP contribution in [0, 0.1) is 5.92 Å². The highest BCUT2D eigenvalue weighted by Gasteiger charge is 2.37. The minimum atomic E-state index is 0.789. The molecule has 1 aliphatic carbocycles. The summed E-state index contributed by atoms with van der Waals surface area (Å²) in [5.41, 5.74) is 0. The number of rotatable bonds is 3. The predicted molar refractivity (Wildman–Crippen MR) is 86.0 cm³/mol. The normalized spacial score (nSPS) is 40.5. The fourth-order valence-electron chi connectivity index (χ4n) is 5.06. The quantitative estimate of drug-likeness (QED) is 0.772. The van der Waals surface area contributed by atoms with Crippen molar-refractivity contribution in [2.45, 2.75) is 89.8 Å². The lowest BCUT2D eigenvalue weighted by molar-refractivity contribution is -0.0195. The number of fused-ring (bicyclic) bond motifs is 1. The molecule has 0 radical (unpaired) electrons. The molecule has 3 fully saturated rings. The Morgan fingerprint density at radius 3 is 2.45 bits per heavy atom. The Morgan fingerprint density at radius 1 is 0.900 bits per heavy atom. The smallest absolute Gasteiger partial charge is 0.0224 e. The van der Waals surface area contributed by atoms with E-state index in [1.165, 1.54) is 77.4 Å². The monoisotopic (exact) mass is 278 g/mol. The first-order valence-corrected chi connectivity index (χ1v) is 9.27. The maximum atomic E-state index is 2.90. The summed E-state index contributed by atoms with van der Waals surface area (Å²) in [6, 6.07) is 2.58. The van der Waals surface area contributed by atoms with Crippen molar-refractivity contribution in [3.8, 4) is 0 Å². The van der Waals surface area contributed by atoms with Gasteiger partial charge in [0.1, 0.15) is 0 Å². The Hall–Kier alpha value is -0.0800. The molecule has 116 valence electrons. The third kappa shape index (κ3) is 3.22. The summed E-state index contributed by atoms with van der Waals surface area (Å²) in [5, 5.41) is 0. The van der Waals surface area contributed by atoms with Gasteiger partial charge in [-0.25, -0.2) is 0 Å². The maximum Gasteiger partial charge on any atom is 0.0224 e. The first-order valence-electron chi connectivity index (χ1n) is 9.27. The van der Waals surface area contributed by atoms with Crippen LogP contribution in [0.25, 0.3) is 0 Å². The van der Waals surface area contributed by atoms with Crippen LogP contribution in [0.5, 0.6) is 0 Å². The molecule has 0 spiro atoms. The van der Waals surface area contributed by atoms with E-state index in [1.807, 2.05) is 0 Å².